The van der Waals surface area contributed by atoms with Gasteiger partial charge in [0, 0.05) is 10.4 Å². The largest absolute Gasteiger partial charge is 0.493 e. The van der Waals surface area contributed by atoms with Crippen LogP contribution in [0.5, 0.6) is 5.88 Å². The molecule has 2 N–H and O–H groups in total. The third-order valence-electron chi connectivity index (χ3n) is 3.06. The predicted octanol–water partition coefficient (Wildman–Crippen LogP) is 5.10. The number of para-hydroxylation sites is 1. The summed E-state index contributed by atoms with van der Waals surface area (Å²) in [5.41, 5.74) is 1.04. The number of rotatable bonds is 2. The number of carbonyl (C=O) groups excluding carboxylic acids is 1. The molecule has 0 aliphatic heterocycles. The fraction of sp³-hybridized carbons (Fsp3) is 0. The molecule has 1 heterocycles. The number of nitrogens with zero attached hydrogens (tertiary/aromatic N) is 2. The number of fused-ring (bicyclic) bond motifs is 1. The molecule has 22 heavy (non-hydrogen) atoms. The highest BCUT2D eigenvalue weighted by molar-refractivity contribution is 6.35. The van der Waals surface area contributed by atoms with Gasteiger partial charge in [-0.25, -0.2) is 0 Å². The second-order valence-electron chi connectivity index (χ2n) is 4.50. The normalized spacial score (nSPS) is 11.4. The summed E-state index contributed by atoms with van der Waals surface area (Å²) in [6.45, 7) is 0. The summed E-state index contributed by atoms with van der Waals surface area (Å²) >= 11 is 11.8. The third kappa shape index (κ3) is 2.68. The zero-order chi connectivity index (χ0) is 15.7. The van der Waals surface area contributed by atoms with Gasteiger partial charge in [-0.2, -0.15) is 0 Å². The number of benzene rings is 2. The molecule has 0 saturated carbocycles. The monoisotopic (exact) mass is 333 g/mol. The number of aromatic amines is 1. The molecule has 0 atom stereocenters. The van der Waals surface area contributed by atoms with E-state index in [4.69, 9.17) is 23.2 Å². The molecule has 7 heteroatoms. The van der Waals surface area contributed by atoms with Crippen LogP contribution in [0.15, 0.2) is 52.7 Å². The van der Waals surface area contributed by atoms with Crippen molar-refractivity contribution in [3.8, 4) is 5.88 Å². The molecule has 1 aromatic heterocycles. The van der Waals surface area contributed by atoms with E-state index >= 15 is 0 Å². The molecule has 2 aromatic carbocycles. The molecule has 0 fully saturated rings. The van der Waals surface area contributed by atoms with Crippen LogP contribution in [0, 0.1) is 0 Å². The van der Waals surface area contributed by atoms with E-state index in [-0.39, 0.29) is 22.2 Å². The van der Waals surface area contributed by atoms with Gasteiger partial charge in [0.05, 0.1) is 16.1 Å². The van der Waals surface area contributed by atoms with E-state index in [1.165, 1.54) is 12.1 Å². The lowest BCUT2D eigenvalue weighted by Gasteiger charge is -1.99. The summed E-state index contributed by atoms with van der Waals surface area (Å²) in [5, 5.41) is 18.6. The molecule has 0 aliphatic rings. The number of nitrogens with one attached hydrogen (secondary N) is 1. The van der Waals surface area contributed by atoms with Crippen molar-refractivity contribution in [2.45, 2.75) is 0 Å². The van der Waals surface area contributed by atoms with E-state index in [1.54, 1.807) is 24.3 Å². The van der Waals surface area contributed by atoms with Crippen LogP contribution in [0.4, 0.5) is 5.69 Å². The Morgan fingerprint density at radius 2 is 1.91 bits per heavy atom. The molecule has 0 unspecified atom stereocenters. The smallest absolute Gasteiger partial charge is 0.296 e. The molecular weight excluding hydrogens is 325 g/mol. The highest BCUT2D eigenvalue weighted by atomic mass is 35.5. The topological polar surface area (TPSA) is 77.8 Å². The fourth-order valence-electron chi connectivity index (χ4n) is 2.02. The first-order valence-corrected chi connectivity index (χ1v) is 7.02. The zero-order valence-corrected chi connectivity index (χ0v) is 12.6. The van der Waals surface area contributed by atoms with Crippen molar-refractivity contribution in [2.75, 3.05) is 0 Å². The summed E-state index contributed by atoms with van der Waals surface area (Å²) in [7, 11) is 0. The van der Waals surface area contributed by atoms with Crippen LogP contribution in [0.1, 0.15) is 10.4 Å². The van der Waals surface area contributed by atoms with Crippen LogP contribution in [-0.4, -0.2) is 16.0 Å². The van der Waals surface area contributed by atoms with Crippen molar-refractivity contribution in [3.63, 3.8) is 0 Å². The zero-order valence-electron chi connectivity index (χ0n) is 11.0. The Hall–Kier alpha value is -2.37. The third-order valence-corrected chi connectivity index (χ3v) is 3.62. The van der Waals surface area contributed by atoms with Gasteiger partial charge in [-0.3, -0.25) is 4.79 Å². The van der Waals surface area contributed by atoms with Crippen molar-refractivity contribution in [3.05, 3.63) is 58.1 Å². The van der Waals surface area contributed by atoms with Crippen molar-refractivity contribution >= 4 is 45.7 Å². The van der Waals surface area contributed by atoms with Crippen LogP contribution >= 0.6 is 23.2 Å². The standard InChI is InChI=1S/C15H9Cl2N3O2/c16-8-5-6-11(17)10(7-8)14(21)20-19-13-9-3-1-2-4-12(9)18-15(13)22/h1-7,18,22H. The minimum Gasteiger partial charge on any atom is -0.493 e. The number of aromatic hydroxyl groups is 1. The average Bonchev–Trinajstić information content (AvgIpc) is 2.82. The molecule has 3 rings (SSSR count). The van der Waals surface area contributed by atoms with Crippen LogP contribution in [0.25, 0.3) is 10.9 Å². The van der Waals surface area contributed by atoms with E-state index in [0.29, 0.717) is 15.9 Å². The molecule has 0 radical (unpaired) electrons. The number of amides is 1. The number of aromatic nitrogens is 1. The van der Waals surface area contributed by atoms with Crippen LogP contribution < -0.4 is 0 Å². The van der Waals surface area contributed by atoms with E-state index < -0.39 is 5.91 Å². The van der Waals surface area contributed by atoms with Gasteiger partial charge < -0.3 is 10.1 Å². The second kappa shape index (κ2) is 5.79. The molecule has 0 spiro atoms. The highest BCUT2D eigenvalue weighted by Crippen LogP contribution is 2.35. The minimum atomic E-state index is -0.641. The van der Waals surface area contributed by atoms with E-state index in [1.807, 2.05) is 6.07 Å². The van der Waals surface area contributed by atoms with Crippen molar-refractivity contribution in [1.29, 1.82) is 0 Å². The quantitative estimate of drug-likeness (QED) is 0.639. The van der Waals surface area contributed by atoms with Crippen molar-refractivity contribution in [1.82, 2.24) is 4.98 Å². The first-order chi connectivity index (χ1) is 10.6. The number of hydrogen-bond donors (Lipinski definition) is 2. The molecule has 3 aromatic rings. The van der Waals surface area contributed by atoms with Gasteiger partial charge >= 0.3 is 0 Å². The second-order valence-corrected chi connectivity index (χ2v) is 5.34. The summed E-state index contributed by atoms with van der Waals surface area (Å²) in [6, 6.07) is 11.7. The molecule has 0 saturated heterocycles. The van der Waals surface area contributed by atoms with Crippen molar-refractivity contribution < 1.29 is 9.90 Å². The Kier molecular flexibility index (Phi) is 3.83. The maximum atomic E-state index is 12.1. The maximum Gasteiger partial charge on any atom is 0.296 e. The van der Waals surface area contributed by atoms with Gasteiger partial charge in [-0.05, 0) is 24.3 Å². The average molecular weight is 334 g/mol. The Bertz CT molecular complexity index is 903. The Labute approximate surface area is 135 Å². The summed E-state index contributed by atoms with van der Waals surface area (Å²) in [5.74, 6) is -0.799. The Balaban J connectivity index is 1.97. The molecular formula is C15H9Cl2N3O2. The molecule has 0 bridgehead atoms. The molecule has 0 aliphatic carbocycles. The van der Waals surface area contributed by atoms with Gasteiger partial charge in [-0.1, -0.05) is 41.4 Å². The highest BCUT2D eigenvalue weighted by Gasteiger charge is 2.13. The van der Waals surface area contributed by atoms with Gasteiger partial charge in [0.25, 0.3) is 5.91 Å². The maximum absolute atomic E-state index is 12.1. The van der Waals surface area contributed by atoms with Gasteiger partial charge in [0.2, 0.25) is 5.88 Å². The first-order valence-electron chi connectivity index (χ1n) is 6.27. The number of halogens is 2. The fourth-order valence-corrected chi connectivity index (χ4v) is 2.40. The van der Waals surface area contributed by atoms with Gasteiger partial charge in [-0.15, -0.1) is 10.2 Å². The lowest BCUT2D eigenvalue weighted by molar-refractivity contribution is 0.0995. The first kappa shape index (κ1) is 14.6. The van der Waals surface area contributed by atoms with Crippen LogP contribution in [0.3, 0.4) is 0 Å². The minimum absolute atomic E-state index is 0.150. The van der Waals surface area contributed by atoms with Crippen LogP contribution in [0.2, 0.25) is 10.0 Å². The molecule has 110 valence electrons. The number of azo groups is 1. The van der Waals surface area contributed by atoms with Crippen LogP contribution in [-0.2, 0) is 0 Å². The predicted molar refractivity (Wildman–Crippen MR) is 85.3 cm³/mol. The molecule has 5 nitrogen and oxygen atoms in total. The van der Waals surface area contributed by atoms with E-state index in [0.717, 1.165) is 0 Å². The number of carbonyl (C=O) groups is 1. The SMILES string of the molecule is O=C(N=Nc1c(O)[nH]c2ccccc12)c1cc(Cl)ccc1Cl. The molecule has 1 amide bonds. The van der Waals surface area contributed by atoms with Gasteiger partial charge in [0.15, 0.2) is 5.69 Å². The Morgan fingerprint density at radius 1 is 1.14 bits per heavy atom. The Morgan fingerprint density at radius 3 is 2.73 bits per heavy atom. The van der Waals surface area contributed by atoms with E-state index in [9.17, 15) is 9.90 Å². The van der Waals surface area contributed by atoms with E-state index in [2.05, 4.69) is 15.2 Å². The summed E-state index contributed by atoms with van der Waals surface area (Å²) in [4.78, 5) is 14.8. The number of H-pyrrole nitrogens is 1. The number of hydrogen-bond acceptors (Lipinski definition) is 3. The van der Waals surface area contributed by atoms with Gasteiger partial charge in [0.1, 0.15) is 0 Å². The lowest BCUT2D eigenvalue weighted by atomic mass is 10.2. The lowest BCUT2D eigenvalue weighted by Crippen LogP contribution is -1.94. The summed E-state index contributed by atoms with van der Waals surface area (Å²) < 4.78 is 0. The summed E-state index contributed by atoms with van der Waals surface area (Å²) in [6.07, 6.45) is 0. The van der Waals surface area contributed by atoms with Crippen molar-refractivity contribution in [2.24, 2.45) is 10.2 Å².